The number of likely N-dealkylation sites (tertiary alicyclic amines) is 1. The van der Waals surface area contributed by atoms with E-state index in [2.05, 4.69) is 10.3 Å². The summed E-state index contributed by atoms with van der Waals surface area (Å²) in [6.45, 7) is 4.74. The van der Waals surface area contributed by atoms with Gasteiger partial charge in [0.25, 0.3) is 5.91 Å². The second-order valence-electron chi connectivity index (χ2n) is 11.2. The number of piperidine rings is 2. The van der Waals surface area contributed by atoms with E-state index in [1.165, 1.54) is 29.3 Å². The highest BCUT2D eigenvalue weighted by molar-refractivity contribution is 6.05. The fourth-order valence-electron chi connectivity index (χ4n) is 6.70. The van der Waals surface area contributed by atoms with Crippen LogP contribution in [0, 0.1) is 11.2 Å². The number of carbonyl (C=O) groups is 3. The lowest BCUT2D eigenvalue weighted by Gasteiger charge is -2.54. The summed E-state index contributed by atoms with van der Waals surface area (Å²) in [6.07, 6.45) is -1.92. The van der Waals surface area contributed by atoms with Crippen molar-refractivity contribution in [2.24, 2.45) is 5.41 Å². The molecule has 2 saturated heterocycles. The van der Waals surface area contributed by atoms with Crippen LogP contribution in [-0.4, -0.2) is 56.7 Å². The standard InChI is InChI=1S/C29H32F4N4O4/c1-3-27(4-2)16-36(14-17-5-9-22(34-13-17)29(31,32)33)12-11-28(27,41)20-7-6-18-19(24(20)30)15-37(26(18)40)21-8-10-23(38)35-25(21)39/h5-7,9,13,21,41H,3-4,8,10-12,14-16H2,1-2H3,(H,35,38,39)/t21-,28+/m1/s1. The molecule has 41 heavy (non-hydrogen) atoms. The Bertz CT molecular complexity index is 1380. The molecule has 2 N–H and O–H groups in total. The van der Waals surface area contributed by atoms with E-state index in [4.69, 9.17) is 0 Å². The Hall–Kier alpha value is -3.38. The summed E-state index contributed by atoms with van der Waals surface area (Å²) in [7, 11) is 0. The molecule has 4 heterocycles. The van der Waals surface area contributed by atoms with Gasteiger partial charge in [-0.05, 0) is 43.4 Å². The molecule has 3 aliphatic rings. The minimum Gasteiger partial charge on any atom is -0.384 e. The molecule has 2 atom stereocenters. The Kier molecular flexibility index (Phi) is 7.44. The Morgan fingerprint density at radius 3 is 2.46 bits per heavy atom. The van der Waals surface area contributed by atoms with E-state index in [0.717, 1.165) is 6.07 Å². The van der Waals surface area contributed by atoms with Gasteiger partial charge < -0.3 is 10.0 Å². The fraction of sp³-hybridized carbons (Fsp3) is 0.517. The quantitative estimate of drug-likeness (QED) is 0.400. The minimum absolute atomic E-state index is 0.0819. The number of pyridine rings is 1. The van der Waals surface area contributed by atoms with Crippen LogP contribution in [0.4, 0.5) is 17.6 Å². The summed E-state index contributed by atoms with van der Waals surface area (Å²) in [4.78, 5) is 44.0. The summed E-state index contributed by atoms with van der Waals surface area (Å²) in [5, 5.41) is 14.5. The predicted molar refractivity (Wildman–Crippen MR) is 138 cm³/mol. The van der Waals surface area contributed by atoms with Crippen LogP contribution in [0.5, 0.6) is 0 Å². The van der Waals surface area contributed by atoms with Crippen molar-refractivity contribution in [1.29, 1.82) is 0 Å². The number of hydrogen-bond donors (Lipinski definition) is 2. The molecular formula is C29H32F4N4O4. The molecule has 1 aromatic carbocycles. The molecule has 5 rings (SSSR count). The van der Waals surface area contributed by atoms with Crippen LogP contribution in [0.2, 0.25) is 0 Å². The number of rotatable bonds is 6. The summed E-state index contributed by atoms with van der Waals surface area (Å²) >= 11 is 0. The molecule has 2 aromatic rings. The topological polar surface area (TPSA) is 103 Å². The molecular weight excluding hydrogens is 544 g/mol. The molecule has 220 valence electrons. The van der Waals surface area contributed by atoms with Crippen LogP contribution in [0.15, 0.2) is 30.5 Å². The molecule has 3 aliphatic heterocycles. The van der Waals surface area contributed by atoms with Crippen LogP contribution >= 0.6 is 0 Å². The Morgan fingerprint density at radius 2 is 1.85 bits per heavy atom. The van der Waals surface area contributed by atoms with Gasteiger partial charge in [0.1, 0.15) is 23.2 Å². The van der Waals surface area contributed by atoms with Gasteiger partial charge in [0.15, 0.2) is 0 Å². The highest BCUT2D eigenvalue weighted by atomic mass is 19.4. The molecule has 3 amide bonds. The molecule has 0 aliphatic carbocycles. The largest absolute Gasteiger partial charge is 0.433 e. The number of benzene rings is 1. The first-order valence-electron chi connectivity index (χ1n) is 13.8. The molecule has 0 unspecified atom stereocenters. The molecule has 12 heteroatoms. The third-order valence-electron chi connectivity index (χ3n) is 9.16. The number of imide groups is 1. The maximum absolute atomic E-state index is 16.3. The van der Waals surface area contributed by atoms with E-state index < -0.39 is 52.5 Å². The number of aromatic nitrogens is 1. The fourth-order valence-corrected chi connectivity index (χ4v) is 6.70. The second kappa shape index (κ2) is 10.5. The third-order valence-corrected chi connectivity index (χ3v) is 9.16. The lowest BCUT2D eigenvalue weighted by atomic mass is 9.61. The summed E-state index contributed by atoms with van der Waals surface area (Å²) in [6, 6.07) is 4.40. The van der Waals surface area contributed by atoms with Crippen molar-refractivity contribution in [2.45, 2.75) is 76.9 Å². The zero-order valence-corrected chi connectivity index (χ0v) is 22.9. The van der Waals surface area contributed by atoms with Gasteiger partial charge in [-0.1, -0.05) is 26.0 Å². The monoisotopic (exact) mass is 576 g/mol. The van der Waals surface area contributed by atoms with Crippen molar-refractivity contribution < 1.29 is 37.1 Å². The van der Waals surface area contributed by atoms with E-state index in [9.17, 15) is 32.7 Å². The van der Waals surface area contributed by atoms with E-state index in [1.807, 2.05) is 18.7 Å². The maximum Gasteiger partial charge on any atom is 0.433 e. The lowest BCUT2D eigenvalue weighted by molar-refractivity contribution is -0.150. The van der Waals surface area contributed by atoms with Gasteiger partial charge in [0.2, 0.25) is 11.8 Å². The lowest BCUT2D eigenvalue weighted by Crippen LogP contribution is -2.57. The van der Waals surface area contributed by atoms with Crippen molar-refractivity contribution in [1.82, 2.24) is 20.1 Å². The number of nitrogens with zero attached hydrogens (tertiary/aromatic N) is 3. The van der Waals surface area contributed by atoms with Gasteiger partial charge in [-0.3, -0.25) is 29.6 Å². The minimum atomic E-state index is -4.52. The average Bonchev–Trinajstić information content (AvgIpc) is 3.26. The normalized spacial score (nSPS) is 24.9. The first-order valence-corrected chi connectivity index (χ1v) is 13.8. The van der Waals surface area contributed by atoms with Crippen molar-refractivity contribution in [3.05, 3.63) is 64.2 Å². The Labute approximate surface area is 234 Å². The number of halogens is 4. The molecule has 8 nitrogen and oxygen atoms in total. The van der Waals surface area contributed by atoms with E-state index >= 15 is 4.39 Å². The second-order valence-corrected chi connectivity index (χ2v) is 11.2. The molecule has 1 aromatic heterocycles. The number of hydrogen-bond acceptors (Lipinski definition) is 6. The van der Waals surface area contributed by atoms with Crippen LogP contribution in [0.3, 0.4) is 0 Å². The molecule has 2 fully saturated rings. The Balaban J connectivity index is 1.40. The van der Waals surface area contributed by atoms with Gasteiger partial charge in [-0.25, -0.2) is 4.39 Å². The van der Waals surface area contributed by atoms with Crippen molar-refractivity contribution >= 4 is 17.7 Å². The maximum atomic E-state index is 16.3. The summed E-state index contributed by atoms with van der Waals surface area (Å²) in [5.74, 6) is -2.18. The summed E-state index contributed by atoms with van der Waals surface area (Å²) < 4.78 is 55.0. The van der Waals surface area contributed by atoms with Gasteiger partial charge in [0.05, 0.1) is 6.54 Å². The highest BCUT2D eigenvalue weighted by Gasteiger charge is 2.54. The zero-order chi connectivity index (χ0) is 29.7. The number of aliphatic hydroxyl groups is 1. The van der Waals surface area contributed by atoms with Crippen molar-refractivity contribution in [2.75, 3.05) is 13.1 Å². The van der Waals surface area contributed by atoms with E-state index in [1.54, 1.807) is 0 Å². The van der Waals surface area contributed by atoms with Crippen LogP contribution < -0.4 is 5.32 Å². The first-order chi connectivity index (χ1) is 19.3. The average molecular weight is 577 g/mol. The zero-order valence-electron chi connectivity index (χ0n) is 22.9. The molecule has 0 radical (unpaired) electrons. The number of amides is 3. The number of alkyl halides is 3. The van der Waals surface area contributed by atoms with Crippen molar-refractivity contribution in [3.8, 4) is 0 Å². The predicted octanol–water partition coefficient (Wildman–Crippen LogP) is 3.90. The number of fused-ring (bicyclic) bond motifs is 1. The SMILES string of the molecule is CCC1(CC)CN(Cc2ccc(C(F)(F)F)nc2)CC[C@]1(O)c1ccc2c(c1F)CN([C@@H]1CCC(=O)NC1=O)C2=O. The van der Waals surface area contributed by atoms with E-state index in [-0.39, 0.29) is 42.5 Å². The molecule has 0 bridgehead atoms. The third kappa shape index (κ3) is 4.90. The van der Waals surface area contributed by atoms with Gasteiger partial charge in [-0.15, -0.1) is 0 Å². The van der Waals surface area contributed by atoms with Gasteiger partial charge in [0, 0.05) is 54.4 Å². The van der Waals surface area contributed by atoms with Gasteiger partial charge in [-0.2, -0.15) is 13.2 Å². The van der Waals surface area contributed by atoms with Crippen LogP contribution in [-0.2, 0) is 34.5 Å². The Morgan fingerprint density at radius 1 is 1.12 bits per heavy atom. The number of carbonyl (C=O) groups excluding carboxylic acids is 3. The molecule has 0 saturated carbocycles. The smallest absolute Gasteiger partial charge is 0.384 e. The first kappa shape index (κ1) is 29.1. The number of nitrogens with one attached hydrogen (secondary N) is 1. The summed E-state index contributed by atoms with van der Waals surface area (Å²) in [5.41, 5.74) is -2.39. The van der Waals surface area contributed by atoms with E-state index in [0.29, 0.717) is 38.0 Å². The van der Waals surface area contributed by atoms with Crippen LogP contribution in [0.1, 0.15) is 78.7 Å². The van der Waals surface area contributed by atoms with Crippen LogP contribution in [0.25, 0.3) is 0 Å². The highest BCUT2D eigenvalue weighted by Crippen LogP contribution is 2.52. The molecule has 0 spiro atoms. The van der Waals surface area contributed by atoms with Gasteiger partial charge >= 0.3 is 6.18 Å². The van der Waals surface area contributed by atoms with Crippen molar-refractivity contribution in [3.63, 3.8) is 0 Å².